The fourth-order valence-electron chi connectivity index (χ4n) is 2.13. The maximum absolute atomic E-state index is 13.6. The van der Waals surface area contributed by atoms with E-state index in [2.05, 4.69) is 5.10 Å². The van der Waals surface area contributed by atoms with Gasteiger partial charge in [0.15, 0.2) is 0 Å². The van der Waals surface area contributed by atoms with Crippen molar-refractivity contribution in [2.24, 2.45) is 12.8 Å². The van der Waals surface area contributed by atoms with Crippen LogP contribution in [0.25, 0.3) is 0 Å². The highest BCUT2D eigenvalue weighted by molar-refractivity contribution is 5.28. The lowest BCUT2D eigenvalue weighted by Gasteiger charge is -2.25. The van der Waals surface area contributed by atoms with Crippen molar-refractivity contribution in [3.8, 4) is 0 Å². The quantitative estimate of drug-likeness (QED) is 0.919. The molecule has 0 bridgehead atoms. The van der Waals surface area contributed by atoms with Gasteiger partial charge >= 0.3 is 0 Å². The Hall–Kier alpha value is -1.68. The highest BCUT2D eigenvalue weighted by atomic mass is 19.1. The monoisotopic (exact) mass is 261 g/mol. The SMILES string of the molecule is Cc1ccc(C(C)(N)CCc2ccnn2C)cc1F. The summed E-state index contributed by atoms with van der Waals surface area (Å²) in [5.41, 5.74) is 8.39. The van der Waals surface area contributed by atoms with E-state index in [0.717, 1.165) is 24.1 Å². The summed E-state index contributed by atoms with van der Waals surface area (Å²) in [5, 5.41) is 4.13. The molecule has 2 rings (SSSR count). The van der Waals surface area contributed by atoms with Crippen LogP contribution in [0, 0.1) is 12.7 Å². The fourth-order valence-corrected chi connectivity index (χ4v) is 2.13. The summed E-state index contributed by atoms with van der Waals surface area (Å²) in [5.74, 6) is -0.199. The largest absolute Gasteiger partial charge is 0.322 e. The van der Waals surface area contributed by atoms with Gasteiger partial charge in [-0.15, -0.1) is 0 Å². The second-order valence-electron chi connectivity index (χ2n) is 5.33. The first-order valence-corrected chi connectivity index (χ1v) is 6.42. The summed E-state index contributed by atoms with van der Waals surface area (Å²) in [6, 6.07) is 7.20. The minimum Gasteiger partial charge on any atom is -0.322 e. The van der Waals surface area contributed by atoms with Gasteiger partial charge in [-0.25, -0.2) is 4.39 Å². The van der Waals surface area contributed by atoms with Crippen molar-refractivity contribution < 1.29 is 4.39 Å². The first kappa shape index (κ1) is 13.7. The van der Waals surface area contributed by atoms with E-state index in [4.69, 9.17) is 5.73 Å². The van der Waals surface area contributed by atoms with Crippen LogP contribution < -0.4 is 5.73 Å². The maximum atomic E-state index is 13.6. The van der Waals surface area contributed by atoms with Gasteiger partial charge in [0.1, 0.15) is 5.82 Å². The molecule has 0 aliphatic rings. The predicted octanol–water partition coefficient (Wildman–Crippen LogP) is 2.67. The molecule has 19 heavy (non-hydrogen) atoms. The summed E-state index contributed by atoms with van der Waals surface area (Å²) in [6.07, 6.45) is 3.34. The van der Waals surface area contributed by atoms with E-state index in [1.54, 1.807) is 25.3 Å². The third-order valence-electron chi connectivity index (χ3n) is 3.65. The van der Waals surface area contributed by atoms with E-state index in [-0.39, 0.29) is 5.82 Å². The number of hydrogen-bond acceptors (Lipinski definition) is 2. The van der Waals surface area contributed by atoms with Crippen LogP contribution in [0.5, 0.6) is 0 Å². The van der Waals surface area contributed by atoms with Crippen molar-refractivity contribution in [2.45, 2.75) is 32.2 Å². The number of nitrogens with zero attached hydrogens (tertiary/aromatic N) is 2. The lowest BCUT2D eigenvalue weighted by atomic mass is 9.87. The van der Waals surface area contributed by atoms with Crippen LogP contribution in [0.1, 0.15) is 30.2 Å². The van der Waals surface area contributed by atoms with E-state index in [0.29, 0.717) is 5.56 Å². The zero-order chi connectivity index (χ0) is 14.0. The minimum atomic E-state index is -0.543. The number of rotatable bonds is 4. The second-order valence-corrected chi connectivity index (χ2v) is 5.33. The Morgan fingerprint density at radius 2 is 2.11 bits per heavy atom. The van der Waals surface area contributed by atoms with E-state index < -0.39 is 5.54 Å². The lowest BCUT2D eigenvalue weighted by molar-refractivity contribution is 0.442. The van der Waals surface area contributed by atoms with Crippen molar-refractivity contribution in [1.82, 2.24) is 9.78 Å². The molecule has 0 aliphatic carbocycles. The summed E-state index contributed by atoms with van der Waals surface area (Å²) in [6.45, 7) is 3.69. The van der Waals surface area contributed by atoms with Gasteiger partial charge in [0.2, 0.25) is 0 Å². The molecule has 0 saturated carbocycles. The van der Waals surface area contributed by atoms with Gasteiger partial charge in [0.25, 0.3) is 0 Å². The number of aromatic nitrogens is 2. The Morgan fingerprint density at radius 1 is 1.37 bits per heavy atom. The molecule has 4 heteroatoms. The van der Waals surface area contributed by atoms with Gasteiger partial charge in [-0.2, -0.15) is 5.10 Å². The lowest BCUT2D eigenvalue weighted by Crippen LogP contribution is -2.34. The molecular weight excluding hydrogens is 241 g/mol. The molecule has 0 spiro atoms. The molecular formula is C15H20FN3. The van der Waals surface area contributed by atoms with Gasteiger partial charge < -0.3 is 5.73 Å². The molecule has 2 aromatic rings. The molecule has 0 saturated heterocycles. The third kappa shape index (κ3) is 3.01. The first-order valence-electron chi connectivity index (χ1n) is 6.42. The van der Waals surface area contributed by atoms with Crippen LogP contribution >= 0.6 is 0 Å². The minimum absolute atomic E-state index is 0.199. The molecule has 0 aliphatic heterocycles. The van der Waals surface area contributed by atoms with Crippen molar-refractivity contribution in [1.29, 1.82) is 0 Å². The number of aryl methyl sites for hydroxylation is 3. The second kappa shape index (κ2) is 5.13. The Bertz CT molecular complexity index is 573. The maximum Gasteiger partial charge on any atom is 0.126 e. The smallest absolute Gasteiger partial charge is 0.126 e. The summed E-state index contributed by atoms with van der Waals surface area (Å²) < 4.78 is 15.5. The zero-order valence-corrected chi connectivity index (χ0v) is 11.7. The standard InChI is InChI=1S/C15H20FN3/c1-11-4-5-12(10-14(11)16)15(2,17)8-6-13-7-9-18-19(13)3/h4-5,7,9-10H,6,8,17H2,1-3H3. The topological polar surface area (TPSA) is 43.8 Å². The molecule has 0 fully saturated rings. The molecule has 2 N–H and O–H groups in total. The zero-order valence-electron chi connectivity index (χ0n) is 11.7. The Morgan fingerprint density at radius 3 is 2.68 bits per heavy atom. The molecule has 102 valence electrons. The first-order chi connectivity index (χ1) is 8.90. The van der Waals surface area contributed by atoms with E-state index in [1.807, 2.05) is 30.8 Å². The van der Waals surface area contributed by atoms with Gasteiger partial charge in [0.05, 0.1) is 0 Å². The Labute approximate surface area is 113 Å². The Kier molecular flexibility index (Phi) is 3.71. The summed E-state index contributed by atoms with van der Waals surface area (Å²) in [7, 11) is 1.91. The molecule has 0 radical (unpaired) electrons. The average molecular weight is 261 g/mol. The van der Waals surface area contributed by atoms with Crippen molar-refractivity contribution in [3.05, 3.63) is 53.1 Å². The molecule has 3 nitrogen and oxygen atoms in total. The molecule has 1 heterocycles. The average Bonchev–Trinajstić information content (AvgIpc) is 2.76. The van der Waals surface area contributed by atoms with Gasteiger partial charge in [-0.05, 0) is 49.9 Å². The third-order valence-corrected chi connectivity index (χ3v) is 3.65. The molecule has 0 amide bonds. The molecule has 1 aromatic heterocycles. The number of hydrogen-bond donors (Lipinski definition) is 1. The highest BCUT2D eigenvalue weighted by Crippen LogP contribution is 2.25. The van der Waals surface area contributed by atoms with Crippen molar-refractivity contribution in [2.75, 3.05) is 0 Å². The predicted molar refractivity (Wildman–Crippen MR) is 74.2 cm³/mol. The van der Waals surface area contributed by atoms with Crippen LogP contribution in [0.2, 0.25) is 0 Å². The van der Waals surface area contributed by atoms with Crippen LogP contribution in [0.15, 0.2) is 30.5 Å². The van der Waals surface area contributed by atoms with Crippen molar-refractivity contribution >= 4 is 0 Å². The van der Waals surface area contributed by atoms with Gasteiger partial charge in [-0.1, -0.05) is 12.1 Å². The fraction of sp³-hybridized carbons (Fsp3) is 0.400. The van der Waals surface area contributed by atoms with E-state index in [9.17, 15) is 4.39 Å². The highest BCUT2D eigenvalue weighted by Gasteiger charge is 2.22. The van der Waals surface area contributed by atoms with Gasteiger partial charge in [0, 0.05) is 24.5 Å². The van der Waals surface area contributed by atoms with Crippen LogP contribution in [0.4, 0.5) is 4.39 Å². The Balaban J connectivity index is 2.13. The van der Waals surface area contributed by atoms with Crippen molar-refractivity contribution in [3.63, 3.8) is 0 Å². The van der Waals surface area contributed by atoms with Crippen LogP contribution in [-0.4, -0.2) is 9.78 Å². The molecule has 1 aromatic carbocycles. The molecule has 1 unspecified atom stereocenters. The number of nitrogens with two attached hydrogens (primary N) is 1. The van der Waals surface area contributed by atoms with Crippen LogP contribution in [-0.2, 0) is 19.0 Å². The summed E-state index contributed by atoms with van der Waals surface area (Å²) in [4.78, 5) is 0. The summed E-state index contributed by atoms with van der Waals surface area (Å²) >= 11 is 0. The van der Waals surface area contributed by atoms with Gasteiger partial charge in [-0.3, -0.25) is 4.68 Å². The molecule has 1 atom stereocenters. The number of halogens is 1. The van der Waals surface area contributed by atoms with E-state index in [1.165, 1.54) is 0 Å². The van der Waals surface area contributed by atoms with Crippen LogP contribution in [0.3, 0.4) is 0 Å². The number of benzene rings is 1. The van der Waals surface area contributed by atoms with E-state index >= 15 is 0 Å². The normalized spacial score (nSPS) is 14.4.